The second-order valence-corrected chi connectivity index (χ2v) is 8.91. The molecule has 8 nitrogen and oxygen atoms in total. The summed E-state index contributed by atoms with van der Waals surface area (Å²) in [4.78, 5) is 39.4. The normalized spacial score (nSPS) is 33.6. The largest absolute Gasteiger partial charge is 0.442 e. The van der Waals surface area contributed by atoms with Crippen LogP contribution in [0.5, 0.6) is 0 Å². The molecule has 4 rings (SSSR count). The molecule has 176 valence electrons. The maximum atomic E-state index is 13.3. The molecule has 2 aromatic rings. The molecular formula is C23H26ClN3O5S. The number of ether oxygens (including phenoxy) is 2. The first-order chi connectivity index (χ1) is 21.0. The molecule has 0 aliphatic carbocycles. The lowest BCUT2D eigenvalue weighted by molar-refractivity contribution is -0.144. The van der Waals surface area contributed by atoms with E-state index >= 15 is 0 Å². The van der Waals surface area contributed by atoms with E-state index in [9.17, 15) is 14.4 Å². The highest BCUT2D eigenvalue weighted by atomic mass is 35.5. The number of nitrogens with one attached hydrogen (secondary N) is 1. The van der Waals surface area contributed by atoms with Crippen LogP contribution in [0.1, 0.15) is 52.5 Å². The highest BCUT2D eigenvalue weighted by Gasteiger charge is 2.38. The van der Waals surface area contributed by atoms with Crippen LogP contribution in [0.4, 0.5) is 16.2 Å². The number of amides is 3. The Labute approximate surface area is 221 Å². The second kappa shape index (κ2) is 8.96. The summed E-state index contributed by atoms with van der Waals surface area (Å²) in [5.74, 6) is -2.66. The van der Waals surface area contributed by atoms with Crippen molar-refractivity contribution in [3.63, 3.8) is 0 Å². The lowest BCUT2D eigenvalue weighted by atomic mass is 10.0. The average molecular weight is 506 g/mol. The molecule has 1 aromatic heterocycles. The number of morpholine rings is 1. The zero-order chi connectivity index (χ0) is 36.4. The molecule has 2 aliphatic heterocycles. The Morgan fingerprint density at radius 1 is 1.39 bits per heavy atom. The van der Waals surface area contributed by atoms with Crippen molar-refractivity contribution in [2.24, 2.45) is 0 Å². The molecule has 0 unspecified atom stereocenters. The Kier molecular flexibility index (Phi) is 3.17. The van der Waals surface area contributed by atoms with Gasteiger partial charge in [-0.05, 0) is 63.0 Å². The van der Waals surface area contributed by atoms with Gasteiger partial charge in [0.2, 0.25) is 0 Å². The van der Waals surface area contributed by atoms with E-state index in [2.05, 4.69) is 0 Å². The maximum Gasteiger partial charge on any atom is 0.414 e. The van der Waals surface area contributed by atoms with Crippen molar-refractivity contribution in [3.05, 3.63) is 44.5 Å². The fourth-order valence-corrected chi connectivity index (χ4v) is 3.88. The minimum absolute atomic E-state index is 0.0408. The Bertz CT molecular complexity index is 1710. The van der Waals surface area contributed by atoms with Gasteiger partial charge in [-0.2, -0.15) is 0 Å². The van der Waals surface area contributed by atoms with E-state index in [1.165, 1.54) is 6.92 Å². The summed E-state index contributed by atoms with van der Waals surface area (Å²) in [6.07, 6.45) is -5.65. The molecule has 0 radical (unpaired) electrons. The summed E-state index contributed by atoms with van der Waals surface area (Å²) >= 11 is 6.41. The van der Waals surface area contributed by atoms with E-state index in [0.29, 0.717) is 11.3 Å². The van der Waals surface area contributed by atoms with Crippen molar-refractivity contribution in [2.45, 2.75) is 39.4 Å². The molecule has 2 saturated heterocycles. The van der Waals surface area contributed by atoms with Gasteiger partial charge in [-0.25, -0.2) is 4.79 Å². The van der Waals surface area contributed by atoms with Crippen LogP contribution in [0, 0.1) is 13.8 Å². The first-order valence-corrected chi connectivity index (χ1v) is 10.5. The summed E-state index contributed by atoms with van der Waals surface area (Å²) in [6, 6.07) is -3.54. The smallest absolute Gasteiger partial charge is 0.414 e. The molecule has 1 atom stereocenters. The predicted molar refractivity (Wildman–Crippen MR) is 128 cm³/mol. The van der Waals surface area contributed by atoms with E-state index in [-0.39, 0.29) is 30.6 Å². The van der Waals surface area contributed by atoms with E-state index < -0.39 is 96.0 Å². The van der Waals surface area contributed by atoms with Gasteiger partial charge in [0.15, 0.2) is 1.41 Å². The Balaban J connectivity index is 1.87. The molecule has 1 N–H and O–H groups in total. The van der Waals surface area contributed by atoms with E-state index in [0.717, 1.165) is 20.8 Å². The molecule has 10 heteroatoms. The topological polar surface area (TPSA) is 88.2 Å². The van der Waals surface area contributed by atoms with Crippen LogP contribution in [-0.4, -0.2) is 55.6 Å². The van der Waals surface area contributed by atoms with Gasteiger partial charge in [0, 0.05) is 17.9 Å². The third kappa shape index (κ3) is 4.71. The number of hydrogen-bond acceptors (Lipinski definition) is 6. The van der Waals surface area contributed by atoms with Crippen LogP contribution in [0.25, 0.3) is 0 Å². The van der Waals surface area contributed by atoms with Crippen molar-refractivity contribution in [3.8, 4) is 0 Å². The standard InChI is InChI=1S/C23H26ClN3O5S/c1-13-9-15(5-6-17(13)26-7-8-31-23(3,4)21(26)29)27-12-16(32-22(27)30)11-25-20(28)19-14(2)10-18(24)33-19/h5-6,9-10,16H,7-8,11-12H2,1-4H3,(H,25,28)/t16-/m0/s1/i5D,6D,7D2,8D2,9D,10D,11D2,12D2,16D/hD. The number of nitrogens with zero attached hydrogens (tertiary/aromatic N) is 2. The summed E-state index contributed by atoms with van der Waals surface area (Å²) in [6.45, 7) is -9.44. The van der Waals surface area contributed by atoms with Crippen molar-refractivity contribution < 1.29 is 43.1 Å². The molecule has 3 amide bonds. The van der Waals surface area contributed by atoms with E-state index in [4.69, 9.17) is 40.3 Å². The van der Waals surface area contributed by atoms with Crippen molar-refractivity contribution in [1.82, 2.24) is 5.31 Å². The van der Waals surface area contributed by atoms with Gasteiger partial charge >= 0.3 is 6.09 Å². The summed E-state index contributed by atoms with van der Waals surface area (Å²) in [7, 11) is 0. The third-order valence-corrected chi connectivity index (χ3v) is 5.74. The van der Waals surface area contributed by atoms with Crippen LogP contribution in [0.2, 0.25) is 5.75 Å². The number of hydrogen-bond donors (Lipinski definition) is 1. The molecule has 0 bridgehead atoms. The second-order valence-electron chi connectivity index (χ2n) is 7.29. The van der Waals surface area contributed by atoms with Gasteiger partial charge < -0.3 is 19.7 Å². The molecule has 33 heavy (non-hydrogen) atoms. The number of anilines is 2. The predicted octanol–water partition coefficient (Wildman–Crippen LogP) is 3.92. The van der Waals surface area contributed by atoms with Gasteiger partial charge in [0.05, 0.1) is 46.6 Å². The SMILES string of the molecule is [2H]c1c(Cl)sc(C(=O)N([2H])C([2H])([2H])[C@]2([2H])OC(=O)N(c3c([2H])c([2H])c(N4C(=O)C(C)(C)OC([2H])([2H])C4([2H])[2H])c(C)c3[2H])C2([2H])[2H])c1C. The van der Waals surface area contributed by atoms with Crippen LogP contribution in [0.15, 0.2) is 24.2 Å². The molecule has 0 saturated carbocycles. The van der Waals surface area contributed by atoms with Crippen molar-refractivity contribution in [2.75, 3.05) is 35.8 Å². The fourth-order valence-electron chi connectivity index (χ4n) is 2.78. The molecular weight excluding hydrogens is 466 g/mol. The zero-order valence-electron chi connectivity index (χ0n) is 31.7. The number of halogens is 1. The first kappa shape index (κ1) is 11.7. The number of cyclic esters (lactones) is 1. The highest BCUT2D eigenvalue weighted by molar-refractivity contribution is 7.18. The first-order valence-electron chi connectivity index (χ1n) is 16.3. The van der Waals surface area contributed by atoms with Crippen molar-refractivity contribution in [1.29, 1.82) is 0 Å². The maximum absolute atomic E-state index is 13.3. The van der Waals surface area contributed by atoms with Gasteiger partial charge in [0.1, 0.15) is 11.7 Å². The molecule has 2 fully saturated rings. The lowest BCUT2D eigenvalue weighted by Crippen LogP contribution is -2.53. The Hall–Kier alpha value is -2.62. The Morgan fingerprint density at radius 3 is 2.85 bits per heavy atom. The average Bonchev–Trinajstić information content (AvgIpc) is 3.30. The number of benzene rings is 1. The van der Waals surface area contributed by atoms with E-state index in [1.54, 1.807) is 0 Å². The Morgan fingerprint density at radius 2 is 2.15 bits per heavy atom. The fraction of sp³-hybridized carbons (Fsp3) is 0.435. The third-order valence-electron chi connectivity index (χ3n) is 4.45. The molecule has 1 aromatic carbocycles. The minimum atomic E-state index is -3.81. The summed E-state index contributed by atoms with van der Waals surface area (Å²) < 4.78 is 128. The lowest BCUT2D eigenvalue weighted by Gasteiger charge is -2.38. The monoisotopic (exact) mass is 505 g/mol. The number of thiophene rings is 1. The zero-order valence-corrected chi connectivity index (χ0v) is 19.2. The van der Waals surface area contributed by atoms with Crippen LogP contribution in [0.3, 0.4) is 0 Å². The molecule has 2 aliphatic rings. The van der Waals surface area contributed by atoms with Crippen molar-refractivity contribution >= 4 is 52.2 Å². The van der Waals surface area contributed by atoms with Gasteiger partial charge in [-0.15, -0.1) is 11.3 Å². The van der Waals surface area contributed by atoms with Gasteiger partial charge in [0.25, 0.3) is 11.8 Å². The summed E-state index contributed by atoms with van der Waals surface area (Å²) in [5.41, 5.74) is -4.41. The van der Waals surface area contributed by atoms with Crippen LogP contribution >= 0.6 is 22.9 Å². The van der Waals surface area contributed by atoms with E-state index in [1.807, 2.05) is 0 Å². The van der Waals surface area contributed by atoms with Crippen LogP contribution in [-0.2, 0) is 14.3 Å². The quantitative estimate of drug-likeness (QED) is 0.665. The number of carbonyl (C=O) groups excluding carboxylic acids is 3. The number of carbonyl (C=O) groups is 3. The minimum Gasteiger partial charge on any atom is -0.442 e. The van der Waals surface area contributed by atoms with Crippen LogP contribution < -0.4 is 15.1 Å². The molecule has 3 heterocycles. The summed E-state index contributed by atoms with van der Waals surface area (Å²) in [5, 5.41) is -0.460. The molecule has 0 spiro atoms. The number of rotatable bonds is 5. The van der Waals surface area contributed by atoms with Gasteiger partial charge in [-0.3, -0.25) is 14.5 Å². The van der Waals surface area contributed by atoms with Gasteiger partial charge in [-0.1, -0.05) is 11.6 Å². The highest BCUT2D eigenvalue weighted by Crippen LogP contribution is 2.31.